The highest BCUT2D eigenvalue weighted by Crippen LogP contribution is 2.38. The number of aliphatic carboxylic acids is 1. The highest BCUT2D eigenvalue weighted by Gasteiger charge is 2.22. The first-order chi connectivity index (χ1) is 26.1. The Kier molecular flexibility index (Phi) is 36.4. The van der Waals surface area contributed by atoms with E-state index in [1.807, 2.05) is 0 Å². The van der Waals surface area contributed by atoms with Crippen molar-refractivity contribution in [2.24, 2.45) is 0 Å². The van der Waals surface area contributed by atoms with E-state index < -0.39 is 51.1 Å². The Hall–Kier alpha value is -2.04. The second kappa shape index (κ2) is 37.9. The number of hydrogen-bond donors (Lipinski definition) is 1. The van der Waals surface area contributed by atoms with Gasteiger partial charge in [-0.1, -0.05) is 141 Å². The largest absolute Gasteiger partial charge is 0.756 e. The predicted molar refractivity (Wildman–Crippen MR) is 211 cm³/mol. The minimum atomic E-state index is -4.95. The normalized spacial score (nSPS) is 14.0. The molecule has 0 fully saturated rings. The summed E-state index contributed by atoms with van der Waals surface area (Å²) in [5.74, 6) is -2.59. The average Bonchev–Trinajstić information content (AvgIpc) is 3.14. The van der Waals surface area contributed by atoms with Crippen molar-refractivity contribution < 1.29 is 53.2 Å². The number of carbonyl (C=O) groups is 3. The molecule has 316 valence electrons. The number of phosphoric acid groups is 1. The zero-order valence-electron chi connectivity index (χ0n) is 34.1. The summed E-state index contributed by atoms with van der Waals surface area (Å²) in [7, 11) is -4.95. The van der Waals surface area contributed by atoms with Crippen LogP contribution in [-0.2, 0) is 37.5 Å². The van der Waals surface area contributed by atoms with Crippen LogP contribution in [0.5, 0.6) is 0 Å². The van der Waals surface area contributed by atoms with Crippen LogP contribution in [0.25, 0.3) is 0 Å². The van der Waals surface area contributed by atoms with Crippen LogP contribution in [0.4, 0.5) is 0 Å². The molecule has 0 aromatic heterocycles. The Labute approximate surface area is 328 Å². The zero-order chi connectivity index (χ0) is 40.0. The Morgan fingerprint density at radius 3 is 1.35 bits per heavy atom. The summed E-state index contributed by atoms with van der Waals surface area (Å²) in [6.07, 6.45) is 37.9. The Bertz CT molecular complexity index is 1020. The first-order valence-electron chi connectivity index (χ1n) is 21.4. The highest BCUT2D eigenvalue weighted by molar-refractivity contribution is 7.45. The van der Waals surface area contributed by atoms with Crippen LogP contribution in [0.3, 0.4) is 0 Å². The van der Waals surface area contributed by atoms with Crippen molar-refractivity contribution in [3.05, 3.63) is 24.3 Å². The van der Waals surface area contributed by atoms with Gasteiger partial charge in [-0.3, -0.25) is 14.2 Å². The van der Waals surface area contributed by atoms with Gasteiger partial charge in [0.2, 0.25) is 0 Å². The first-order valence-corrected chi connectivity index (χ1v) is 22.9. The van der Waals surface area contributed by atoms with Crippen LogP contribution in [0.1, 0.15) is 194 Å². The molecule has 0 saturated carbocycles. The summed E-state index contributed by atoms with van der Waals surface area (Å²) < 4.78 is 32.3. The molecule has 11 nitrogen and oxygen atoms in total. The van der Waals surface area contributed by atoms with Gasteiger partial charge < -0.3 is 39.0 Å². The van der Waals surface area contributed by atoms with E-state index >= 15 is 0 Å². The molecule has 3 unspecified atom stereocenters. The van der Waals surface area contributed by atoms with Crippen molar-refractivity contribution in [1.82, 2.24) is 0 Å². The van der Waals surface area contributed by atoms with Gasteiger partial charge in [-0.25, -0.2) is 0 Å². The van der Waals surface area contributed by atoms with Gasteiger partial charge in [-0.05, 0) is 64.2 Å². The minimum absolute atomic E-state index is 0.137. The van der Waals surface area contributed by atoms with E-state index in [1.54, 1.807) is 0 Å². The number of rotatable bonds is 40. The molecule has 0 aliphatic heterocycles. The van der Waals surface area contributed by atoms with Gasteiger partial charge in [0.15, 0.2) is 6.10 Å². The van der Waals surface area contributed by atoms with E-state index in [9.17, 15) is 28.9 Å². The quantitative estimate of drug-likeness (QED) is 0.0274. The number of unbranched alkanes of at least 4 members (excludes halogenated alkanes) is 22. The summed E-state index contributed by atoms with van der Waals surface area (Å²) in [5.41, 5.74) is 3.24. The number of ether oxygens (including phenoxy) is 2. The Morgan fingerprint density at radius 2 is 0.926 bits per heavy atom. The number of allylic oxidation sites excluding steroid dienone is 4. The topological polar surface area (TPSA) is 179 Å². The van der Waals surface area contributed by atoms with Gasteiger partial charge in [0.25, 0.3) is 7.82 Å². The molecule has 0 aromatic rings. The van der Waals surface area contributed by atoms with E-state index in [4.69, 9.17) is 14.0 Å². The molecule has 0 aliphatic rings. The standard InChI is InChI=1S/C42H78NO10P/c1-3-5-7-9-11-13-15-17-19-21-23-25-27-29-31-33-40(44)50-35-38(36-51-54(48,49)52-37-39(43)42(46)47)53-41(45)34-32-30-28-26-24-22-20-18-16-14-12-10-8-6-4-2/h17-20,38-39H,3-16,21-37,43H2,1-2H3,(H,46,47)(H,48,49)/p-1/b19-17-,20-18-. The van der Waals surface area contributed by atoms with E-state index in [0.717, 1.165) is 77.0 Å². The molecule has 0 aliphatic carbocycles. The molecule has 0 bridgehead atoms. The third-order valence-corrected chi connectivity index (χ3v) is 10.1. The SMILES string of the molecule is CCCCCCCC/C=C\CCCCCCCC(=O)OCC(COP(=O)([O-])OCC([NH3+])C(=O)[O-])OC(=O)CCCCCCC/C=C\CCCCCCCC. The maximum absolute atomic E-state index is 12.6. The molecule has 3 N–H and O–H groups in total. The lowest BCUT2D eigenvalue weighted by Gasteiger charge is -2.26. The molecule has 0 amide bonds. The minimum Gasteiger partial charge on any atom is -0.756 e. The number of carboxylic acids is 1. The number of hydrogen-bond acceptors (Lipinski definition) is 10. The van der Waals surface area contributed by atoms with Gasteiger partial charge in [-0.2, -0.15) is 0 Å². The van der Waals surface area contributed by atoms with Gasteiger partial charge >= 0.3 is 11.9 Å². The lowest BCUT2D eigenvalue weighted by molar-refractivity contribution is -0.441. The zero-order valence-corrected chi connectivity index (χ0v) is 35.0. The summed E-state index contributed by atoms with van der Waals surface area (Å²) in [5, 5.41) is 10.8. The molecule has 54 heavy (non-hydrogen) atoms. The number of carbonyl (C=O) groups excluding carboxylic acids is 3. The number of phosphoric ester groups is 1. The number of carboxylic acid groups (broad SMARTS) is 1. The van der Waals surface area contributed by atoms with Gasteiger partial charge in [0, 0.05) is 12.8 Å². The molecule has 0 spiro atoms. The summed E-state index contributed by atoms with van der Waals surface area (Å²) in [4.78, 5) is 48.0. The van der Waals surface area contributed by atoms with Crippen molar-refractivity contribution in [1.29, 1.82) is 0 Å². The molecule has 0 heterocycles. The molecule has 0 aromatic carbocycles. The van der Waals surface area contributed by atoms with Crippen molar-refractivity contribution in [3.63, 3.8) is 0 Å². The van der Waals surface area contributed by atoms with Gasteiger partial charge in [-0.15, -0.1) is 0 Å². The average molecular weight is 787 g/mol. The third-order valence-electron chi connectivity index (χ3n) is 9.20. The van der Waals surface area contributed by atoms with E-state index in [1.165, 1.54) is 77.0 Å². The van der Waals surface area contributed by atoms with Crippen LogP contribution in [0.15, 0.2) is 24.3 Å². The van der Waals surface area contributed by atoms with E-state index in [0.29, 0.717) is 12.8 Å². The lowest BCUT2D eigenvalue weighted by Crippen LogP contribution is -2.70. The molecule has 0 saturated heterocycles. The molecular formula is C42H77NO10P-. The lowest BCUT2D eigenvalue weighted by atomic mass is 10.1. The molecule has 0 radical (unpaired) electrons. The smallest absolute Gasteiger partial charge is 0.306 e. The third kappa shape index (κ3) is 36.9. The van der Waals surface area contributed by atoms with E-state index in [2.05, 4.69) is 48.4 Å². The van der Waals surface area contributed by atoms with Crippen molar-refractivity contribution in [3.8, 4) is 0 Å². The van der Waals surface area contributed by atoms with Crippen LogP contribution >= 0.6 is 7.82 Å². The van der Waals surface area contributed by atoms with Crippen LogP contribution < -0.4 is 15.7 Å². The van der Waals surface area contributed by atoms with Crippen molar-refractivity contribution in [2.75, 3.05) is 19.8 Å². The Morgan fingerprint density at radius 1 is 0.556 bits per heavy atom. The van der Waals surface area contributed by atoms with Gasteiger partial charge in [0.1, 0.15) is 25.2 Å². The monoisotopic (exact) mass is 787 g/mol. The summed E-state index contributed by atoms with van der Waals surface area (Å²) >= 11 is 0. The van der Waals surface area contributed by atoms with Crippen molar-refractivity contribution >= 4 is 25.7 Å². The predicted octanol–water partition coefficient (Wildman–Crippen LogP) is 8.38. The highest BCUT2D eigenvalue weighted by atomic mass is 31.2. The summed E-state index contributed by atoms with van der Waals surface area (Å²) in [6.45, 7) is 2.68. The maximum Gasteiger partial charge on any atom is 0.306 e. The van der Waals surface area contributed by atoms with Crippen LogP contribution in [0.2, 0.25) is 0 Å². The fourth-order valence-electron chi connectivity index (χ4n) is 5.76. The second-order valence-electron chi connectivity index (χ2n) is 14.5. The molecular weight excluding hydrogens is 709 g/mol. The van der Waals surface area contributed by atoms with Crippen LogP contribution in [0, 0.1) is 0 Å². The number of quaternary nitrogens is 1. The second-order valence-corrected chi connectivity index (χ2v) is 15.9. The van der Waals surface area contributed by atoms with Crippen LogP contribution in [-0.4, -0.2) is 49.9 Å². The van der Waals surface area contributed by atoms with Gasteiger partial charge in [0.05, 0.1) is 6.61 Å². The number of esters is 2. The Balaban J connectivity index is 4.40. The fourth-order valence-corrected chi connectivity index (χ4v) is 6.55. The first kappa shape index (κ1) is 52.0. The fraction of sp³-hybridized carbons (Fsp3) is 0.833. The summed E-state index contributed by atoms with van der Waals surface area (Å²) in [6, 6.07) is -1.42. The molecule has 0 rings (SSSR count). The molecule has 3 atom stereocenters. The van der Waals surface area contributed by atoms with Crippen molar-refractivity contribution in [2.45, 2.75) is 206 Å². The van der Waals surface area contributed by atoms with E-state index in [-0.39, 0.29) is 19.4 Å². The maximum atomic E-state index is 12.6. The molecule has 12 heteroatoms.